The maximum absolute atomic E-state index is 15.2. The quantitative estimate of drug-likeness (QED) is 0.143. The Morgan fingerprint density at radius 1 is 0.483 bits per heavy atom. The third-order valence-electron chi connectivity index (χ3n) is 14.2. The molecule has 4 aliphatic heterocycles. The van der Waals surface area contributed by atoms with Gasteiger partial charge < -0.3 is 19.3 Å². The van der Waals surface area contributed by atoms with Gasteiger partial charge in [0.25, 0.3) is 0 Å². The van der Waals surface area contributed by atoms with Crippen molar-refractivity contribution in [2.45, 2.75) is 115 Å². The molecule has 10 heteroatoms. The molecule has 0 spiro atoms. The summed E-state index contributed by atoms with van der Waals surface area (Å²) in [5.41, 5.74) is 4.28. The van der Waals surface area contributed by atoms with Gasteiger partial charge in [-0.1, -0.05) is 104 Å². The normalized spacial score (nSPS) is 20.1. The molecule has 0 saturated carbocycles. The Kier molecular flexibility index (Phi) is 9.80. The number of methoxy groups -OCH3 is 2. The number of nitrogens with zero attached hydrogens (tertiary/aromatic N) is 2. The molecule has 4 aliphatic rings. The lowest BCUT2D eigenvalue weighted by molar-refractivity contribution is -0.138. The van der Waals surface area contributed by atoms with Gasteiger partial charge in [0.2, 0.25) is 0 Å². The Morgan fingerprint density at radius 3 is 1.12 bits per heavy atom. The number of rotatable bonds is 6. The highest BCUT2D eigenvalue weighted by Crippen LogP contribution is 2.56. The first-order valence-corrected chi connectivity index (χ1v) is 21.0. The third-order valence-corrected chi connectivity index (χ3v) is 14.2. The molecule has 0 aromatic heterocycles. The number of benzene rings is 4. The Morgan fingerprint density at radius 2 is 0.800 bits per heavy atom. The molecule has 8 rings (SSSR count). The second kappa shape index (κ2) is 14.0. The second-order valence-electron chi connectivity index (χ2n) is 19.9. The van der Waals surface area contributed by atoms with Crippen molar-refractivity contribution in [3.8, 4) is 11.5 Å². The molecule has 0 unspecified atom stereocenters. The summed E-state index contributed by atoms with van der Waals surface area (Å²) in [6.45, 7) is 21.0. The maximum atomic E-state index is 15.2. The van der Waals surface area contributed by atoms with Crippen LogP contribution in [0.4, 0.5) is 37.7 Å². The topological polar surface area (TPSA) is 24.9 Å². The molecule has 60 heavy (non-hydrogen) atoms. The number of halogens is 6. The summed E-state index contributed by atoms with van der Waals surface area (Å²) >= 11 is 0. The number of hydrogen-bond acceptors (Lipinski definition) is 4. The number of ether oxygens (including phenoxy) is 2. The molecule has 0 fully saturated rings. The van der Waals surface area contributed by atoms with Crippen molar-refractivity contribution in [1.29, 1.82) is 0 Å². The van der Waals surface area contributed by atoms with Crippen LogP contribution in [-0.4, -0.2) is 40.4 Å². The van der Waals surface area contributed by atoms with Gasteiger partial charge >= 0.3 is 12.4 Å². The molecule has 4 nitrogen and oxygen atoms in total. The molecule has 0 N–H and O–H groups in total. The SMILES string of the molecule is COc1c(C=Cc2ccc3c(C(F)(F)F)c(C=Cc4cc5c6c(c4OC)C(C)(C)CCN6CCC5(C)C)ccc3c2C(F)(F)F)cc2c3c1C(C)(C)CCN3CCC2(C)C. The van der Waals surface area contributed by atoms with Crippen LogP contribution in [0.25, 0.3) is 35.1 Å². The zero-order chi connectivity index (χ0) is 43.5. The van der Waals surface area contributed by atoms with Crippen LogP contribution in [0.5, 0.6) is 11.5 Å². The van der Waals surface area contributed by atoms with E-state index < -0.39 is 34.3 Å². The zero-order valence-corrected chi connectivity index (χ0v) is 36.4. The van der Waals surface area contributed by atoms with Crippen LogP contribution < -0.4 is 19.3 Å². The average Bonchev–Trinajstić information content (AvgIpc) is 3.15. The summed E-state index contributed by atoms with van der Waals surface area (Å²) in [6.07, 6.45) is -0.317. The van der Waals surface area contributed by atoms with Gasteiger partial charge in [0.15, 0.2) is 0 Å². The summed E-state index contributed by atoms with van der Waals surface area (Å²) in [7, 11) is 3.15. The largest absolute Gasteiger partial charge is 0.496 e. The predicted octanol–water partition coefficient (Wildman–Crippen LogP) is 13.6. The van der Waals surface area contributed by atoms with E-state index in [1.54, 1.807) is 26.4 Å². The molecule has 0 atom stereocenters. The van der Waals surface area contributed by atoms with Crippen LogP contribution in [0.15, 0.2) is 36.4 Å². The summed E-state index contributed by atoms with van der Waals surface area (Å²) in [4.78, 5) is 4.77. The average molecular weight is 831 g/mol. The lowest BCUT2D eigenvalue weighted by Gasteiger charge is -2.48. The molecule has 0 radical (unpaired) electrons. The second-order valence-corrected chi connectivity index (χ2v) is 19.9. The zero-order valence-electron chi connectivity index (χ0n) is 36.4. The van der Waals surface area contributed by atoms with Crippen molar-refractivity contribution in [2.75, 3.05) is 50.2 Å². The van der Waals surface area contributed by atoms with Crippen LogP contribution in [0, 0.1) is 0 Å². The van der Waals surface area contributed by atoms with Gasteiger partial charge in [-0.2, -0.15) is 26.3 Å². The monoisotopic (exact) mass is 830 g/mol. The first-order valence-electron chi connectivity index (χ1n) is 21.0. The maximum Gasteiger partial charge on any atom is 0.417 e. The van der Waals surface area contributed by atoms with Gasteiger partial charge in [-0.25, -0.2) is 0 Å². The fraction of sp³-hybridized carbons (Fsp3) is 0.480. The van der Waals surface area contributed by atoms with Crippen LogP contribution in [0.1, 0.15) is 137 Å². The molecule has 0 amide bonds. The van der Waals surface area contributed by atoms with Gasteiger partial charge in [-0.05, 0) is 92.5 Å². The van der Waals surface area contributed by atoms with E-state index in [9.17, 15) is 0 Å². The van der Waals surface area contributed by atoms with Crippen molar-refractivity contribution in [2.24, 2.45) is 0 Å². The Balaban J connectivity index is 1.27. The fourth-order valence-corrected chi connectivity index (χ4v) is 10.5. The first kappa shape index (κ1) is 42.1. The van der Waals surface area contributed by atoms with Crippen LogP contribution in [0.2, 0.25) is 0 Å². The van der Waals surface area contributed by atoms with E-state index in [4.69, 9.17) is 9.47 Å². The van der Waals surface area contributed by atoms with Crippen LogP contribution in [-0.2, 0) is 34.0 Å². The smallest absolute Gasteiger partial charge is 0.417 e. The number of anilines is 2. The minimum atomic E-state index is -4.96. The Hall–Kier alpha value is -4.60. The van der Waals surface area contributed by atoms with Crippen LogP contribution >= 0.6 is 0 Å². The van der Waals surface area contributed by atoms with Crippen molar-refractivity contribution in [3.05, 3.63) is 92.0 Å². The van der Waals surface area contributed by atoms with E-state index in [1.807, 2.05) is 12.1 Å². The Labute approximate surface area is 350 Å². The fourth-order valence-electron chi connectivity index (χ4n) is 10.5. The van der Waals surface area contributed by atoms with Crippen molar-refractivity contribution in [1.82, 2.24) is 0 Å². The van der Waals surface area contributed by atoms with Crippen LogP contribution in [0.3, 0.4) is 0 Å². The third kappa shape index (κ3) is 6.75. The molecule has 0 aliphatic carbocycles. The molecular weight excluding hydrogens is 775 g/mol. The molecule has 0 saturated heterocycles. The molecule has 4 aromatic rings. The van der Waals surface area contributed by atoms with Gasteiger partial charge in [-0.3, -0.25) is 0 Å². The Bertz CT molecular complexity index is 2290. The number of fused-ring (bicyclic) bond motifs is 1. The number of hydrogen-bond donors (Lipinski definition) is 0. The number of alkyl halides is 6. The summed E-state index contributed by atoms with van der Waals surface area (Å²) in [6, 6.07) is 8.68. The highest BCUT2D eigenvalue weighted by molar-refractivity contribution is 5.96. The minimum absolute atomic E-state index is 0.182. The molecule has 320 valence electrons. The van der Waals surface area contributed by atoms with Crippen molar-refractivity contribution in [3.63, 3.8) is 0 Å². The first-order chi connectivity index (χ1) is 27.9. The summed E-state index contributed by atoms with van der Waals surface area (Å²) < 4.78 is 103. The van der Waals surface area contributed by atoms with Gasteiger partial charge in [0.1, 0.15) is 11.5 Å². The van der Waals surface area contributed by atoms with Crippen molar-refractivity contribution >= 4 is 46.5 Å². The molecule has 0 bridgehead atoms. The minimum Gasteiger partial charge on any atom is -0.496 e. The lowest BCUT2D eigenvalue weighted by Crippen LogP contribution is -2.45. The van der Waals surface area contributed by atoms with Gasteiger partial charge in [0.05, 0.1) is 25.3 Å². The van der Waals surface area contributed by atoms with Gasteiger partial charge in [0, 0.05) is 59.8 Å². The summed E-state index contributed by atoms with van der Waals surface area (Å²) in [5, 5.41) is -1.03. The van der Waals surface area contributed by atoms with E-state index in [1.165, 1.54) is 24.3 Å². The molecule has 4 heterocycles. The van der Waals surface area contributed by atoms with E-state index in [0.717, 1.165) is 97.6 Å². The van der Waals surface area contributed by atoms with E-state index in [-0.39, 0.29) is 32.8 Å². The van der Waals surface area contributed by atoms with E-state index in [0.29, 0.717) is 22.6 Å². The van der Waals surface area contributed by atoms with Gasteiger partial charge in [-0.15, -0.1) is 0 Å². The van der Waals surface area contributed by atoms with Crippen molar-refractivity contribution < 1.29 is 35.8 Å². The lowest BCUT2D eigenvalue weighted by atomic mass is 9.68. The van der Waals surface area contributed by atoms with E-state index in [2.05, 4.69) is 65.2 Å². The van der Waals surface area contributed by atoms with E-state index >= 15 is 26.3 Å². The molecular formula is C50H56F6N2O2. The highest BCUT2D eigenvalue weighted by Gasteiger charge is 2.45. The predicted molar refractivity (Wildman–Crippen MR) is 233 cm³/mol. The highest BCUT2D eigenvalue weighted by atomic mass is 19.4. The standard InChI is InChI=1S/C50H56F6N2O2/c1-45(2)19-23-57-25-21-47(5,6)39-41(57)35(45)27-31(43(39)59-9)13-11-29-15-17-34-33(37(29)49(51,52)53)18-16-30(38(34)50(54,55)56)12-14-32-28-36-42-40(44(32)60-10)48(7,8)22-26-58(42)24-20-46(36,3)4/h11-18,27-28H,19-26H2,1-10H3. The molecule has 4 aromatic carbocycles. The summed E-state index contributed by atoms with van der Waals surface area (Å²) in [5.74, 6) is 1.21.